The molecule has 2 amide bonds. The molecule has 5 nitrogen and oxygen atoms in total. The summed E-state index contributed by atoms with van der Waals surface area (Å²) in [5, 5.41) is 12.6. The number of likely N-dealkylation sites (tertiary alicyclic amines) is 1. The van der Waals surface area contributed by atoms with Gasteiger partial charge in [-0.3, -0.25) is 9.59 Å². The van der Waals surface area contributed by atoms with E-state index >= 15 is 0 Å². The minimum absolute atomic E-state index is 0.00745. The lowest BCUT2D eigenvalue weighted by atomic mass is 9.92. The van der Waals surface area contributed by atoms with Crippen LogP contribution < -0.4 is 5.32 Å². The van der Waals surface area contributed by atoms with Crippen LogP contribution in [0.1, 0.15) is 37.7 Å². The van der Waals surface area contributed by atoms with Crippen LogP contribution in [0, 0.1) is 5.92 Å². The fourth-order valence-corrected chi connectivity index (χ4v) is 3.61. The summed E-state index contributed by atoms with van der Waals surface area (Å²) in [6.45, 7) is 1.19. The normalized spacial score (nSPS) is 27.3. The van der Waals surface area contributed by atoms with Crippen molar-refractivity contribution in [3.8, 4) is 0 Å². The molecule has 1 unspecified atom stereocenters. The molecular formula is C19H26N2O3. The zero-order valence-corrected chi connectivity index (χ0v) is 14.0. The number of nitrogens with zero attached hydrogens (tertiary/aromatic N) is 1. The lowest BCUT2D eigenvalue weighted by molar-refractivity contribution is -0.129. The number of aliphatic hydroxyl groups excluding tert-OH is 1. The number of carbonyl (C=O) groups excluding carboxylic acids is 2. The van der Waals surface area contributed by atoms with Gasteiger partial charge in [0.05, 0.1) is 12.0 Å². The van der Waals surface area contributed by atoms with Crippen molar-refractivity contribution in [3.63, 3.8) is 0 Å². The second-order valence-electron chi connectivity index (χ2n) is 6.99. The summed E-state index contributed by atoms with van der Waals surface area (Å²) < 4.78 is 0. The Balaban J connectivity index is 1.46. The minimum atomic E-state index is -0.236. The standard InChI is InChI=1S/C19H26N2O3/c22-17-8-6-16(7-9-17)20-19(24)15-12-18(23)21(13-15)11-10-14-4-2-1-3-5-14/h1-5,15-17,22H,6-13H2,(H,20,24). The summed E-state index contributed by atoms with van der Waals surface area (Å²) in [5.41, 5.74) is 1.21. The first kappa shape index (κ1) is 17.0. The summed E-state index contributed by atoms with van der Waals surface area (Å²) in [6.07, 6.45) is 4.06. The molecule has 1 aliphatic carbocycles. The first-order valence-electron chi connectivity index (χ1n) is 8.92. The smallest absolute Gasteiger partial charge is 0.225 e. The quantitative estimate of drug-likeness (QED) is 0.859. The predicted molar refractivity (Wildman–Crippen MR) is 91.2 cm³/mol. The molecule has 2 N–H and O–H groups in total. The second kappa shape index (κ2) is 7.79. The molecule has 1 aliphatic heterocycles. The van der Waals surface area contributed by atoms with Crippen molar-refractivity contribution in [1.29, 1.82) is 0 Å². The van der Waals surface area contributed by atoms with Gasteiger partial charge in [-0.1, -0.05) is 30.3 Å². The van der Waals surface area contributed by atoms with E-state index in [2.05, 4.69) is 17.4 Å². The van der Waals surface area contributed by atoms with E-state index in [-0.39, 0.29) is 29.9 Å². The summed E-state index contributed by atoms with van der Waals surface area (Å²) in [4.78, 5) is 26.4. The first-order chi connectivity index (χ1) is 11.6. The van der Waals surface area contributed by atoms with Crippen LogP contribution in [-0.4, -0.2) is 47.1 Å². The van der Waals surface area contributed by atoms with Gasteiger partial charge in [-0.05, 0) is 37.7 Å². The Hall–Kier alpha value is -1.88. The number of nitrogens with one attached hydrogen (secondary N) is 1. The van der Waals surface area contributed by atoms with E-state index in [1.54, 1.807) is 0 Å². The highest BCUT2D eigenvalue weighted by Gasteiger charge is 2.35. The van der Waals surface area contributed by atoms with E-state index in [4.69, 9.17) is 0 Å². The second-order valence-corrected chi connectivity index (χ2v) is 6.99. The van der Waals surface area contributed by atoms with Gasteiger partial charge >= 0.3 is 0 Å². The monoisotopic (exact) mass is 330 g/mol. The van der Waals surface area contributed by atoms with E-state index in [9.17, 15) is 14.7 Å². The third-order valence-electron chi connectivity index (χ3n) is 5.14. The highest BCUT2D eigenvalue weighted by molar-refractivity contribution is 5.89. The Morgan fingerprint density at radius 2 is 1.88 bits per heavy atom. The first-order valence-corrected chi connectivity index (χ1v) is 8.92. The van der Waals surface area contributed by atoms with Gasteiger partial charge in [0.25, 0.3) is 0 Å². The molecule has 0 radical (unpaired) electrons. The Morgan fingerprint density at radius 3 is 2.58 bits per heavy atom. The number of aliphatic hydroxyl groups is 1. The number of benzene rings is 1. The maximum absolute atomic E-state index is 12.4. The van der Waals surface area contributed by atoms with Crippen LogP contribution in [0.15, 0.2) is 30.3 Å². The Kier molecular flexibility index (Phi) is 5.51. The predicted octanol–water partition coefficient (Wildman–Crippen LogP) is 1.50. The largest absolute Gasteiger partial charge is 0.393 e. The van der Waals surface area contributed by atoms with E-state index in [0.717, 1.165) is 32.1 Å². The van der Waals surface area contributed by atoms with Crippen LogP contribution >= 0.6 is 0 Å². The van der Waals surface area contributed by atoms with E-state index in [1.165, 1.54) is 5.56 Å². The molecule has 1 saturated heterocycles. The summed E-state index contributed by atoms with van der Waals surface area (Å²) in [6, 6.07) is 10.2. The van der Waals surface area contributed by atoms with Gasteiger partial charge in [0, 0.05) is 25.6 Å². The minimum Gasteiger partial charge on any atom is -0.393 e. The number of carbonyl (C=O) groups is 2. The third-order valence-corrected chi connectivity index (χ3v) is 5.14. The molecule has 24 heavy (non-hydrogen) atoms. The van der Waals surface area contributed by atoms with Gasteiger partial charge < -0.3 is 15.3 Å². The van der Waals surface area contributed by atoms with E-state index in [0.29, 0.717) is 19.5 Å². The molecule has 0 bridgehead atoms. The van der Waals surface area contributed by atoms with Crippen molar-refractivity contribution in [2.24, 2.45) is 5.92 Å². The molecule has 3 rings (SSSR count). The van der Waals surface area contributed by atoms with Crippen molar-refractivity contribution in [2.45, 2.75) is 50.7 Å². The molecule has 0 spiro atoms. The molecule has 0 aromatic heterocycles. The van der Waals surface area contributed by atoms with Crippen molar-refractivity contribution in [2.75, 3.05) is 13.1 Å². The Labute approximate surface area is 143 Å². The van der Waals surface area contributed by atoms with E-state index < -0.39 is 0 Å². The molecule has 2 aliphatic rings. The van der Waals surface area contributed by atoms with Crippen molar-refractivity contribution in [3.05, 3.63) is 35.9 Å². The lowest BCUT2D eigenvalue weighted by Crippen LogP contribution is -2.42. The maximum Gasteiger partial charge on any atom is 0.225 e. The summed E-state index contributed by atoms with van der Waals surface area (Å²) in [7, 11) is 0. The molecule has 2 fully saturated rings. The molecular weight excluding hydrogens is 304 g/mol. The van der Waals surface area contributed by atoms with Gasteiger partial charge in [0.1, 0.15) is 0 Å². The molecule has 1 saturated carbocycles. The van der Waals surface area contributed by atoms with Gasteiger partial charge in [0.2, 0.25) is 11.8 Å². The van der Waals surface area contributed by atoms with Crippen LogP contribution in [0.3, 0.4) is 0 Å². The van der Waals surface area contributed by atoms with Gasteiger partial charge in [-0.15, -0.1) is 0 Å². The lowest BCUT2D eigenvalue weighted by Gasteiger charge is -2.27. The summed E-state index contributed by atoms with van der Waals surface area (Å²) in [5.74, 6) is -0.169. The Morgan fingerprint density at radius 1 is 1.17 bits per heavy atom. The fraction of sp³-hybridized carbons (Fsp3) is 0.579. The highest BCUT2D eigenvalue weighted by Crippen LogP contribution is 2.22. The van der Waals surface area contributed by atoms with Gasteiger partial charge in [-0.25, -0.2) is 0 Å². The number of hydrogen-bond donors (Lipinski definition) is 2. The molecule has 1 heterocycles. The van der Waals surface area contributed by atoms with E-state index in [1.807, 2.05) is 23.1 Å². The number of hydrogen-bond acceptors (Lipinski definition) is 3. The molecule has 1 aromatic carbocycles. The van der Waals surface area contributed by atoms with Crippen LogP contribution in [-0.2, 0) is 16.0 Å². The molecule has 130 valence electrons. The maximum atomic E-state index is 12.4. The van der Waals surface area contributed by atoms with Crippen molar-refractivity contribution >= 4 is 11.8 Å². The topological polar surface area (TPSA) is 69.6 Å². The van der Waals surface area contributed by atoms with Crippen molar-refractivity contribution in [1.82, 2.24) is 10.2 Å². The zero-order valence-electron chi connectivity index (χ0n) is 14.0. The fourth-order valence-electron chi connectivity index (χ4n) is 3.61. The van der Waals surface area contributed by atoms with Crippen molar-refractivity contribution < 1.29 is 14.7 Å². The molecule has 1 atom stereocenters. The number of rotatable bonds is 5. The van der Waals surface area contributed by atoms with Gasteiger partial charge in [0.15, 0.2) is 0 Å². The highest BCUT2D eigenvalue weighted by atomic mass is 16.3. The SMILES string of the molecule is O=C(NC1CCC(O)CC1)C1CC(=O)N(CCc2ccccc2)C1. The average Bonchev–Trinajstić information content (AvgIpc) is 2.97. The average molecular weight is 330 g/mol. The Bertz CT molecular complexity index is 567. The zero-order chi connectivity index (χ0) is 16.9. The molecule has 1 aromatic rings. The van der Waals surface area contributed by atoms with Gasteiger partial charge in [-0.2, -0.15) is 0 Å². The van der Waals surface area contributed by atoms with Crippen LogP contribution in [0.25, 0.3) is 0 Å². The molecule has 5 heteroatoms. The van der Waals surface area contributed by atoms with Crippen LogP contribution in [0.5, 0.6) is 0 Å². The number of amides is 2. The van der Waals surface area contributed by atoms with Crippen LogP contribution in [0.4, 0.5) is 0 Å². The van der Waals surface area contributed by atoms with Crippen LogP contribution in [0.2, 0.25) is 0 Å². The summed E-state index contributed by atoms with van der Waals surface area (Å²) >= 11 is 0. The third kappa shape index (κ3) is 4.35.